The van der Waals surface area contributed by atoms with Gasteiger partial charge in [-0.05, 0) is 24.3 Å². The number of benzene rings is 2. The zero-order valence-corrected chi connectivity index (χ0v) is 13.3. The van der Waals surface area contributed by atoms with Crippen LogP contribution in [0.2, 0.25) is 0 Å². The molecule has 0 radical (unpaired) electrons. The van der Waals surface area contributed by atoms with Crippen LogP contribution in [-0.4, -0.2) is 22.0 Å². The molecule has 6 nitrogen and oxygen atoms in total. The van der Waals surface area contributed by atoms with Crippen molar-refractivity contribution in [2.45, 2.75) is 19.7 Å². The van der Waals surface area contributed by atoms with Crippen molar-refractivity contribution in [2.24, 2.45) is 0 Å². The highest BCUT2D eigenvalue weighted by molar-refractivity contribution is 7.94. The second-order valence-corrected chi connectivity index (χ2v) is 8.40. The molecule has 0 bridgehead atoms. The average molecular weight is 349 g/mol. The van der Waals surface area contributed by atoms with Gasteiger partial charge in [0.2, 0.25) is 24.7 Å². The minimum absolute atomic E-state index is 0.0345. The highest BCUT2D eigenvalue weighted by Crippen LogP contribution is 2.29. The van der Waals surface area contributed by atoms with Crippen molar-refractivity contribution < 1.29 is 21.4 Å². The summed E-state index contributed by atoms with van der Waals surface area (Å²) >= 11 is 0. The second kappa shape index (κ2) is 5.64. The van der Waals surface area contributed by atoms with E-state index in [9.17, 15) is 16.8 Å². The molecule has 118 valence electrons. The molecule has 8 heteroatoms. The molecule has 0 saturated carbocycles. The molecule has 23 heavy (non-hydrogen) atoms. The number of hydrogen-bond acceptors (Lipinski definition) is 6. The van der Waals surface area contributed by atoms with E-state index in [-0.39, 0.29) is 9.79 Å². The first kappa shape index (κ1) is 15.4. The van der Waals surface area contributed by atoms with Gasteiger partial charge < -0.3 is 4.52 Å². The van der Waals surface area contributed by atoms with Gasteiger partial charge in [0.25, 0.3) is 0 Å². The Bertz CT molecular complexity index is 940. The van der Waals surface area contributed by atoms with Gasteiger partial charge in [0.1, 0.15) is 6.26 Å². The number of rotatable bonds is 4. The molecule has 0 saturated heterocycles. The van der Waals surface area contributed by atoms with Gasteiger partial charge in [-0.25, -0.2) is 16.8 Å². The van der Waals surface area contributed by atoms with E-state index in [0.29, 0.717) is 0 Å². The predicted molar refractivity (Wildman–Crippen MR) is 80.3 cm³/mol. The van der Waals surface area contributed by atoms with Crippen molar-refractivity contribution in [3.8, 4) is 0 Å². The molecule has 3 rings (SSSR count). The Kier molecular flexibility index (Phi) is 3.78. The molecule has 1 aromatic heterocycles. The van der Waals surface area contributed by atoms with E-state index in [1.807, 2.05) is 0 Å². The summed E-state index contributed by atoms with van der Waals surface area (Å²) < 4.78 is 55.1. The van der Waals surface area contributed by atoms with E-state index in [2.05, 4.69) is 9.68 Å². The van der Waals surface area contributed by atoms with Crippen LogP contribution < -0.4 is 0 Å². The number of hydrogen-bond donors (Lipinski definition) is 0. The van der Waals surface area contributed by atoms with Gasteiger partial charge in [-0.1, -0.05) is 41.6 Å². The molecule has 2 aromatic carbocycles. The minimum atomic E-state index is -4.10. The highest BCUT2D eigenvalue weighted by atomic mass is 32.2. The van der Waals surface area contributed by atoms with Crippen LogP contribution in [0.25, 0.3) is 0 Å². The Hall–Kier alpha value is -2.45. The maximum Gasteiger partial charge on any atom is 0.228 e. The van der Waals surface area contributed by atoms with Gasteiger partial charge in [0, 0.05) is 0 Å². The van der Waals surface area contributed by atoms with Crippen molar-refractivity contribution in [1.29, 1.82) is 0 Å². The summed E-state index contributed by atoms with van der Waals surface area (Å²) in [5.74, 6) is 0. The van der Waals surface area contributed by atoms with Gasteiger partial charge in [0.15, 0.2) is 4.90 Å². The third kappa shape index (κ3) is 2.66. The fraction of sp³-hybridized carbons (Fsp3) is 0. The zero-order valence-electron chi connectivity index (χ0n) is 11.7. The first-order chi connectivity index (χ1) is 10.9. The lowest BCUT2D eigenvalue weighted by atomic mass is 10.4. The normalized spacial score (nSPS) is 12.2. The van der Waals surface area contributed by atoms with Crippen LogP contribution in [0.5, 0.6) is 0 Å². The number of nitrogens with zero attached hydrogens (tertiary/aromatic N) is 1. The lowest BCUT2D eigenvalue weighted by Gasteiger charge is -2.05. The molecule has 0 unspecified atom stereocenters. The van der Waals surface area contributed by atoms with E-state index < -0.39 is 29.6 Å². The van der Waals surface area contributed by atoms with Gasteiger partial charge in [0.05, 0.1) is 9.79 Å². The van der Waals surface area contributed by atoms with Crippen LogP contribution in [0, 0.1) is 0 Å². The van der Waals surface area contributed by atoms with Crippen molar-refractivity contribution >= 4 is 19.7 Å². The van der Waals surface area contributed by atoms with E-state index in [1.165, 1.54) is 24.3 Å². The zero-order chi connectivity index (χ0) is 16.5. The molecule has 1 heterocycles. The SMILES string of the molecule is O=S(=O)(c1ccccc1)c1conc1S(=O)(=O)c1ccccc1. The smallest absolute Gasteiger partial charge is 0.228 e. The van der Waals surface area contributed by atoms with Crippen molar-refractivity contribution in [3.63, 3.8) is 0 Å². The van der Waals surface area contributed by atoms with Crippen LogP contribution in [-0.2, 0) is 19.7 Å². The van der Waals surface area contributed by atoms with E-state index in [1.54, 1.807) is 36.4 Å². The topological polar surface area (TPSA) is 94.3 Å². The Morgan fingerprint density at radius 1 is 0.696 bits per heavy atom. The van der Waals surface area contributed by atoms with Crippen LogP contribution in [0.3, 0.4) is 0 Å². The lowest BCUT2D eigenvalue weighted by Crippen LogP contribution is -2.09. The molecule has 0 aliphatic heterocycles. The van der Waals surface area contributed by atoms with Gasteiger partial charge in [-0.3, -0.25) is 0 Å². The minimum Gasteiger partial charge on any atom is -0.362 e. The van der Waals surface area contributed by atoms with E-state index in [0.717, 1.165) is 6.26 Å². The molecule has 3 aromatic rings. The van der Waals surface area contributed by atoms with Crippen molar-refractivity contribution in [1.82, 2.24) is 5.16 Å². The third-order valence-electron chi connectivity index (χ3n) is 3.16. The van der Waals surface area contributed by atoms with E-state index in [4.69, 9.17) is 0 Å². The van der Waals surface area contributed by atoms with Crippen LogP contribution in [0.4, 0.5) is 0 Å². The standard InChI is InChI=1S/C15H11NO5S2/c17-22(18,12-7-3-1-4-8-12)14-11-21-16-15(14)23(19,20)13-9-5-2-6-10-13/h1-11H. The fourth-order valence-electron chi connectivity index (χ4n) is 2.02. The quantitative estimate of drug-likeness (QED) is 0.717. The first-order valence-corrected chi connectivity index (χ1v) is 9.45. The molecule has 0 amide bonds. The van der Waals surface area contributed by atoms with Gasteiger partial charge in [-0.2, -0.15) is 0 Å². The van der Waals surface area contributed by atoms with Crippen LogP contribution >= 0.6 is 0 Å². The average Bonchev–Trinajstić information content (AvgIpc) is 3.08. The second-order valence-electron chi connectivity index (χ2n) is 4.62. The summed E-state index contributed by atoms with van der Waals surface area (Å²) in [5.41, 5.74) is 0. The van der Waals surface area contributed by atoms with Gasteiger partial charge in [-0.15, -0.1) is 0 Å². The largest absolute Gasteiger partial charge is 0.362 e. The molecule has 0 atom stereocenters. The highest BCUT2D eigenvalue weighted by Gasteiger charge is 2.33. The van der Waals surface area contributed by atoms with Crippen LogP contribution in [0.1, 0.15) is 0 Å². The van der Waals surface area contributed by atoms with Crippen molar-refractivity contribution in [3.05, 3.63) is 66.9 Å². The summed E-state index contributed by atoms with van der Waals surface area (Å²) in [6, 6.07) is 15.0. The summed E-state index contributed by atoms with van der Waals surface area (Å²) in [6.45, 7) is 0. The fourth-order valence-corrected chi connectivity index (χ4v) is 5.07. The Labute approximate surface area is 133 Å². The predicted octanol–water partition coefficient (Wildman–Crippen LogP) is 2.34. The Morgan fingerprint density at radius 3 is 1.70 bits per heavy atom. The monoisotopic (exact) mass is 349 g/mol. The molecule has 0 spiro atoms. The van der Waals surface area contributed by atoms with E-state index >= 15 is 0 Å². The summed E-state index contributed by atoms with van der Waals surface area (Å²) in [4.78, 5) is -0.571. The lowest BCUT2D eigenvalue weighted by molar-refractivity contribution is 0.400. The summed E-state index contributed by atoms with van der Waals surface area (Å²) in [7, 11) is -8.15. The Morgan fingerprint density at radius 2 is 1.17 bits per heavy atom. The summed E-state index contributed by atoms with van der Waals surface area (Å²) in [5, 5.41) is 2.80. The summed E-state index contributed by atoms with van der Waals surface area (Å²) in [6.07, 6.45) is 0.832. The maximum atomic E-state index is 12.6. The number of sulfone groups is 2. The Balaban J connectivity index is 2.19. The van der Waals surface area contributed by atoms with Gasteiger partial charge >= 0.3 is 0 Å². The molecular weight excluding hydrogens is 338 g/mol. The van der Waals surface area contributed by atoms with Crippen molar-refractivity contribution in [2.75, 3.05) is 0 Å². The third-order valence-corrected chi connectivity index (χ3v) is 6.74. The molecule has 0 aliphatic carbocycles. The molecule has 0 N–H and O–H groups in total. The maximum absolute atomic E-state index is 12.6. The molecular formula is C15H11NO5S2. The molecule has 0 fully saturated rings. The number of aromatic nitrogens is 1. The van der Waals surface area contributed by atoms with Crippen LogP contribution in [0.15, 0.2) is 91.2 Å². The first-order valence-electron chi connectivity index (χ1n) is 6.49. The molecule has 0 aliphatic rings.